The number of nitrogens with zero attached hydrogens (tertiary/aromatic N) is 3. The lowest BCUT2D eigenvalue weighted by atomic mass is 10.5. The molecule has 0 aliphatic rings. The van der Waals surface area contributed by atoms with Crippen LogP contribution in [0, 0.1) is 0 Å². The lowest BCUT2D eigenvalue weighted by molar-refractivity contribution is 0.958. The molecule has 0 unspecified atom stereocenters. The molecule has 0 atom stereocenters. The van der Waals surface area contributed by atoms with Gasteiger partial charge in [0.1, 0.15) is 6.33 Å². The van der Waals surface area contributed by atoms with Gasteiger partial charge in [0.2, 0.25) is 0 Å². The highest BCUT2D eigenvalue weighted by Crippen LogP contribution is 2.13. The lowest BCUT2D eigenvalue weighted by Gasteiger charge is -1.90. The molecule has 0 N–H and O–H groups in total. The number of pyridine rings is 1. The molecular formula is C6H4BrN3. The molecule has 0 aromatic carbocycles. The van der Waals surface area contributed by atoms with Crippen molar-refractivity contribution in [1.82, 2.24) is 14.6 Å². The fourth-order valence-corrected chi connectivity index (χ4v) is 1.25. The second-order valence-electron chi connectivity index (χ2n) is 1.88. The van der Waals surface area contributed by atoms with E-state index in [1.165, 1.54) is 6.33 Å². The maximum atomic E-state index is 4.02. The molecule has 0 aliphatic heterocycles. The van der Waals surface area contributed by atoms with Crippen molar-refractivity contribution in [2.75, 3.05) is 0 Å². The SMILES string of the molecule is Brc1cccn2ncnc12. The summed E-state index contributed by atoms with van der Waals surface area (Å²) in [4.78, 5) is 4.02. The van der Waals surface area contributed by atoms with Crippen molar-refractivity contribution < 1.29 is 0 Å². The third-order valence-corrected chi connectivity index (χ3v) is 1.88. The van der Waals surface area contributed by atoms with Crippen molar-refractivity contribution in [3.05, 3.63) is 29.1 Å². The first-order valence-corrected chi connectivity index (χ1v) is 3.61. The molecule has 0 fully saturated rings. The van der Waals surface area contributed by atoms with Gasteiger partial charge < -0.3 is 0 Å². The fourth-order valence-electron chi connectivity index (χ4n) is 0.814. The van der Waals surface area contributed by atoms with Gasteiger partial charge in [0.15, 0.2) is 5.65 Å². The molecule has 2 rings (SSSR count). The van der Waals surface area contributed by atoms with Gasteiger partial charge in [-0.15, -0.1) is 0 Å². The smallest absolute Gasteiger partial charge is 0.169 e. The molecule has 2 heterocycles. The highest BCUT2D eigenvalue weighted by atomic mass is 79.9. The number of halogens is 1. The molecule has 0 aliphatic carbocycles. The summed E-state index contributed by atoms with van der Waals surface area (Å²) >= 11 is 3.35. The Labute approximate surface area is 65.8 Å². The van der Waals surface area contributed by atoms with Gasteiger partial charge in [-0.05, 0) is 28.1 Å². The minimum Gasteiger partial charge on any atom is -0.220 e. The first-order valence-electron chi connectivity index (χ1n) is 2.82. The van der Waals surface area contributed by atoms with E-state index in [4.69, 9.17) is 0 Å². The number of fused-ring (bicyclic) bond motifs is 1. The van der Waals surface area contributed by atoms with Crippen LogP contribution in [0.3, 0.4) is 0 Å². The van der Waals surface area contributed by atoms with Crippen LogP contribution in [0.2, 0.25) is 0 Å². The van der Waals surface area contributed by atoms with Crippen molar-refractivity contribution in [2.24, 2.45) is 0 Å². The Bertz CT molecular complexity index is 355. The summed E-state index contributed by atoms with van der Waals surface area (Å²) < 4.78 is 2.68. The van der Waals surface area contributed by atoms with Crippen LogP contribution in [-0.4, -0.2) is 14.6 Å². The van der Waals surface area contributed by atoms with Crippen LogP contribution in [-0.2, 0) is 0 Å². The number of rotatable bonds is 0. The van der Waals surface area contributed by atoms with Crippen molar-refractivity contribution in [1.29, 1.82) is 0 Å². The van der Waals surface area contributed by atoms with E-state index >= 15 is 0 Å². The van der Waals surface area contributed by atoms with Gasteiger partial charge in [-0.25, -0.2) is 9.50 Å². The highest BCUT2D eigenvalue weighted by molar-refractivity contribution is 9.10. The van der Waals surface area contributed by atoms with E-state index in [1.54, 1.807) is 4.52 Å². The van der Waals surface area contributed by atoms with Crippen molar-refractivity contribution in [3.63, 3.8) is 0 Å². The van der Waals surface area contributed by atoms with Gasteiger partial charge in [-0.2, -0.15) is 5.10 Å². The molecule has 0 saturated heterocycles. The summed E-state index contributed by atoms with van der Waals surface area (Å²) in [5, 5.41) is 3.96. The molecule has 3 nitrogen and oxygen atoms in total. The summed E-state index contributed by atoms with van der Waals surface area (Å²) in [7, 11) is 0. The number of hydrogen-bond acceptors (Lipinski definition) is 2. The molecule has 2 aromatic rings. The monoisotopic (exact) mass is 197 g/mol. The molecule has 0 radical (unpaired) electrons. The predicted molar refractivity (Wildman–Crippen MR) is 40.7 cm³/mol. The van der Waals surface area contributed by atoms with Gasteiger partial charge in [0.25, 0.3) is 0 Å². The Morgan fingerprint density at radius 2 is 2.40 bits per heavy atom. The minimum atomic E-state index is 0.850. The summed E-state index contributed by atoms with van der Waals surface area (Å²) in [5.41, 5.74) is 0.850. The van der Waals surface area contributed by atoms with E-state index in [1.807, 2.05) is 18.3 Å². The summed E-state index contributed by atoms with van der Waals surface area (Å²) in [6.45, 7) is 0. The van der Waals surface area contributed by atoms with Crippen molar-refractivity contribution in [3.8, 4) is 0 Å². The average Bonchev–Trinajstić information content (AvgIpc) is 2.36. The summed E-state index contributed by atoms with van der Waals surface area (Å²) in [6.07, 6.45) is 3.38. The van der Waals surface area contributed by atoms with E-state index in [9.17, 15) is 0 Å². The van der Waals surface area contributed by atoms with Gasteiger partial charge in [-0.3, -0.25) is 0 Å². The molecular weight excluding hydrogens is 194 g/mol. The van der Waals surface area contributed by atoms with E-state index in [-0.39, 0.29) is 0 Å². The molecule has 50 valence electrons. The predicted octanol–water partition coefficient (Wildman–Crippen LogP) is 1.49. The zero-order valence-electron chi connectivity index (χ0n) is 5.03. The second kappa shape index (κ2) is 2.05. The molecule has 0 amide bonds. The Balaban J connectivity index is 2.95. The zero-order chi connectivity index (χ0) is 6.97. The largest absolute Gasteiger partial charge is 0.220 e. The van der Waals surface area contributed by atoms with E-state index in [0.29, 0.717) is 0 Å². The van der Waals surface area contributed by atoms with Crippen LogP contribution in [0.5, 0.6) is 0 Å². The van der Waals surface area contributed by atoms with Gasteiger partial charge in [-0.1, -0.05) is 0 Å². The van der Waals surface area contributed by atoms with Crippen LogP contribution >= 0.6 is 15.9 Å². The standard InChI is InChI=1S/C6H4BrN3/c7-5-2-1-3-10-6(5)8-4-9-10/h1-4H. The van der Waals surface area contributed by atoms with Gasteiger partial charge in [0.05, 0.1) is 4.47 Å². The Morgan fingerprint density at radius 1 is 1.50 bits per heavy atom. The number of aromatic nitrogens is 3. The third-order valence-electron chi connectivity index (χ3n) is 1.26. The van der Waals surface area contributed by atoms with Crippen molar-refractivity contribution >= 4 is 21.6 Å². The molecule has 0 saturated carbocycles. The minimum absolute atomic E-state index is 0.850. The lowest BCUT2D eigenvalue weighted by Crippen LogP contribution is -1.84. The van der Waals surface area contributed by atoms with Crippen LogP contribution in [0.25, 0.3) is 5.65 Å². The van der Waals surface area contributed by atoms with E-state index in [0.717, 1.165) is 10.1 Å². The summed E-state index contributed by atoms with van der Waals surface area (Å²) in [6, 6.07) is 3.84. The topological polar surface area (TPSA) is 30.2 Å². The van der Waals surface area contributed by atoms with E-state index in [2.05, 4.69) is 26.0 Å². The highest BCUT2D eigenvalue weighted by Gasteiger charge is 1.96. The summed E-state index contributed by atoms with van der Waals surface area (Å²) in [5.74, 6) is 0. The molecule has 0 spiro atoms. The Morgan fingerprint density at radius 3 is 3.20 bits per heavy atom. The van der Waals surface area contributed by atoms with Gasteiger partial charge >= 0.3 is 0 Å². The zero-order valence-corrected chi connectivity index (χ0v) is 6.62. The van der Waals surface area contributed by atoms with Crippen LogP contribution in [0.1, 0.15) is 0 Å². The molecule has 2 aromatic heterocycles. The molecule has 10 heavy (non-hydrogen) atoms. The van der Waals surface area contributed by atoms with Gasteiger partial charge in [0, 0.05) is 6.20 Å². The first kappa shape index (κ1) is 5.85. The Kier molecular flexibility index (Phi) is 1.20. The Hall–Kier alpha value is -0.900. The number of hydrogen-bond donors (Lipinski definition) is 0. The van der Waals surface area contributed by atoms with Crippen LogP contribution in [0.15, 0.2) is 29.1 Å². The van der Waals surface area contributed by atoms with E-state index < -0.39 is 0 Å². The first-order chi connectivity index (χ1) is 4.88. The second-order valence-corrected chi connectivity index (χ2v) is 2.74. The maximum absolute atomic E-state index is 4.02. The van der Waals surface area contributed by atoms with Crippen molar-refractivity contribution in [2.45, 2.75) is 0 Å². The maximum Gasteiger partial charge on any atom is 0.169 e. The average molecular weight is 198 g/mol. The normalized spacial score (nSPS) is 10.5. The fraction of sp³-hybridized carbons (Fsp3) is 0. The quantitative estimate of drug-likeness (QED) is 0.641. The third kappa shape index (κ3) is 0.724. The van der Waals surface area contributed by atoms with Crippen LogP contribution < -0.4 is 0 Å². The molecule has 0 bridgehead atoms. The molecule has 4 heteroatoms. The van der Waals surface area contributed by atoms with Crippen LogP contribution in [0.4, 0.5) is 0 Å².